The third-order valence-corrected chi connectivity index (χ3v) is 5.45. The van der Waals surface area contributed by atoms with Crippen LogP contribution in [-0.2, 0) is 9.53 Å². The summed E-state index contributed by atoms with van der Waals surface area (Å²) in [6.45, 7) is 14.3. The topological polar surface area (TPSA) is 46.5 Å². The molecular formula is C20H30O3S. The largest absolute Gasteiger partial charge is 0.479 e. The maximum Gasteiger partial charge on any atom is 0.337 e. The molecule has 0 fully saturated rings. The van der Waals surface area contributed by atoms with E-state index in [2.05, 4.69) is 26.8 Å². The van der Waals surface area contributed by atoms with Crippen LogP contribution in [0.5, 0.6) is 0 Å². The molecule has 4 heteroatoms. The van der Waals surface area contributed by atoms with Gasteiger partial charge < -0.3 is 9.84 Å². The number of thiophene rings is 1. The highest BCUT2D eigenvalue weighted by Gasteiger charge is 2.33. The van der Waals surface area contributed by atoms with Gasteiger partial charge in [0, 0.05) is 15.3 Å². The van der Waals surface area contributed by atoms with Gasteiger partial charge in [0.25, 0.3) is 0 Å². The van der Waals surface area contributed by atoms with Crippen LogP contribution >= 0.6 is 11.3 Å². The Bertz CT molecular complexity index is 649. The van der Waals surface area contributed by atoms with Crippen molar-refractivity contribution in [3.05, 3.63) is 27.0 Å². The Labute approximate surface area is 149 Å². The molecule has 1 heterocycles. The van der Waals surface area contributed by atoms with Crippen LogP contribution in [0.1, 0.15) is 74.4 Å². The van der Waals surface area contributed by atoms with Gasteiger partial charge in [-0.2, -0.15) is 0 Å². The first-order valence-corrected chi connectivity index (χ1v) is 9.52. The van der Waals surface area contributed by atoms with E-state index in [-0.39, 0.29) is 0 Å². The summed E-state index contributed by atoms with van der Waals surface area (Å²) in [4.78, 5) is 14.2. The van der Waals surface area contributed by atoms with E-state index in [0.29, 0.717) is 11.8 Å². The van der Waals surface area contributed by atoms with Crippen LogP contribution in [-0.4, -0.2) is 16.7 Å². The second kappa shape index (κ2) is 7.01. The molecule has 3 atom stereocenters. The fraction of sp³-hybridized carbons (Fsp3) is 0.650. The van der Waals surface area contributed by atoms with Crippen LogP contribution < -0.4 is 0 Å². The molecule has 0 saturated carbocycles. The quantitative estimate of drug-likeness (QED) is 0.751. The zero-order valence-electron chi connectivity index (χ0n) is 15.9. The Balaban J connectivity index is 2.56. The van der Waals surface area contributed by atoms with Crippen molar-refractivity contribution in [3.63, 3.8) is 0 Å². The van der Waals surface area contributed by atoms with Crippen molar-refractivity contribution in [2.75, 3.05) is 0 Å². The Hall–Kier alpha value is -1.13. The van der Waals surface area contributed by atoms with Crippen LogP contribution in [0.25, 0.3) is 5.57 Å². The lowest BCUT2D eigenvalue weighted by Crippen LogP contribution is -2.28. The first-order chi connectivity index (χ1) is 11.0. The summed E-state index contributed by atoms with van der Waals surface area (Å²) < 4.78 is 5.94. The SMILES string of the molecule is Cc1sc(C)c(C(OC(C)(C)C)C(=O)O)c1C1=CC(C)CC(C)C1. The fourth-order valence-electron chi connectivity index (χ4n) is 3.76. The molecular weight excluding hydrogens is 320 g/mol. The van der Waals surface area contributed by atoms with Gasteiger partial charge in [-0.15, -0.1) is 11.3 Å². The minimum absolute atomic E-state index is 0.510. The molecule has 0 bridgehead atoms. The smallest absolute Gasteiger partial charge is 0.337 e. The molecule has 24 heavy (non-hydrogen) atoms. The standard InChI is InChI=1S/C20H30O3S/c1-11-8-12(2)10-15(9-11)16-13(3)24-14(4)17(16)18(19(21)22)23-20(5,6)7/h9,11-12,18H,8,10H2,1-7H3,(H,21,22). The van der Waals surface area contributed by atoms with E-state index in [4.69, 9.17) is 4.74 Å². The molecule has 1 aliphatic carbocycles. The second-order valence-corrected chi connectivity index (χ2v) is 9.59. The minimum Gasteiger partial charge on any atom is -0.479 e. The van der Waals surface area contributed by atoms with Crippen molar-refractivity contribution in [1.29, 1.82) is 0 Å². The first-order valence-electron chi connectivity index (χ1n) is 8.71. The maximum absolute atomic E-state index is 12.0. The van der Waals surface area contributed by atoms with Crippen molar-refractivity contribution in [2.24, 2.45) is 11.8 Å². The lowest BCUT2D eigenvalue weighted by molar-refractivity contribution is -0.160. The predicted molar refractivity (Wildman–Crippen MR) is 101 cm³/mol. The van der Waals surface area contributed by atoms with E-state index in [1.54, 1.807) is 11.3 Å². The molecule has 0 saturated heterocycles. The number of carboxylic acids is 1. The maximum atomic E-state index is 12.0. The van der Waals surface area contributed by atoms with E-state index in [0.717, 1.165) is 22.4 Å². The fourth-order valence-corrected chi connectivity index (χ4v) is 4.88. The van der Waals surface area contributed by atoms with Crippen LogP contribution in [0.3, 0.4) is 0 Å². The molecule has 2 rings (SSSR count). The number of hydrogen-bond donors (Lipinski definition) is 1. The van der Waals surface area contributed by atoms with Gasteiger partial charge in [0.15, 0.2) is 6.10 Å². The molecule has 1 aliphatic rings. The number of aryl methyl sites for hydroxylation is 2. The van der Waals surface area contributed by atoms with Crippen LogP contribution in [0.2, 0.25) is 0 Å². The summed E-state index contributed by atoms with van der Waals surface area (Å²) in [7, 11) is 0. The van der Waals surface area contributed by atoms with Gasteiger partial charge in [-0.1, -0.05) is 19.9 Å². The molecule has 134 valence electrons. The lowest BCUT2D eigenvalue weighted by atomic mass is 9.80. The number of carbonyl (C=O) groups is 1. The summed E-state index contributed by atoms with van der Waals surface area (Å²) in [5, 5.41) is 9.81. The third-order valence-electron chi connectivity index (χ3n) is 4.41. The van der Waals surface area contributed by atoms with Gasteiger partial charge in [-0.05, 0) is 70.4 Å². The van der Waals surface area contributed by atoms with E-state index in [1.165, 1.54) is 16.9 Å². The van der Waals surface area contributed by atoms with Crippen LogP contribution in [0.15, 0.2) is 6.08 Å². The number of rotatable bonds is 4. The molecule has 3 unspecified atom stereocenters. The van der Waals surface area contributed by atoms with E-state index in [1.807, 2.05) is 27.7 Å². The Morgan fingerprint density at radius 1 is 1.29 bits per heavy atom. The zero-order valence-corrected chi connectivity index (χ0v) is 16.7. The van der Waals surface area contributed by atoms with Crippen LogP contribution in [0.4, 0.5) is 0 Å². The highest BCUT2D eigenvalue weighted by atomic mass is 32.1. The highest BCUT2D eigenvalue weighted by Crippen LogP contribution is 2.44. The van der Waals surface area contributed by atoms with E-state index in [9.17, 15) is 9.90 Å². The number of carboxylic acid groups (broad SMARTS) is 1. The van der Waals surface area contributed by atoms with Gasteiger partial charge in [0.05, 0.1) is 5.60 Å². The normalized spacial score (nSPS) is 23.0. The van der Waals surface area contributed by atoms with Gasteiger partial charge in [0.1, 0.15) is 0 Å². The number of allylic oxidation sites excluding steroid dienone is 2. The average molecular weight is 351 g/mol. The molecule has 0 aliphatic heterocycles. The van der Waals surface area contributed by atoms with Crippen molar-refractivity contribution < 1.29 is 14.6 Å². The summed E-state index contributed by atoms with van der Waals surface area (Å²) in [6.07, 6.45) is 3.62. The van der Waals surface area contributed by atoms with Gasteiger partial charge >= 0.3 is 5.97 Å². The average Bonchev–Trinajstić information content (AvgIpc) is 2.68. The molecule has 1 aromatic rings. The van der Waals surface area contributed by atoms with Gasteiger partial charge in [-0.3, -0.25) is 0 Å². The zero-order chi connectivity index (χ0) is 18.2. The molecule has 1 N–H and O–H groups in total. The van der Waals surface area contributed by atoms with Crippen molar-refractivity contribution in [1.82, 2.24) is 0 Å². The summed E-state index contributed by atoms with van der Waals surface area (Å²) in [5.74, 6) is 0.242. The molecule has 0 radical (unpaired) electrons. The number of hydrogen-bond acceptors (Lipinski definition) is 3. The lowest BCUT2D eigenvalue weighted by Gasteiger charge is -2.28. The molecule has 0 spiro atoms. The predicted octanol–water partition coefficient (Wildman–Crippen LogP) is 5.76. The Kier molecular flexibility index (Phi) is 5.61. The molecule has 0 aromatic carbocycles. The Morgan fingerprint density at radius 3 is 2.42 bits per heavy atom. The van der Waals surface area contributed by atoms with Crippen molar-refractivity contribution in [3.8, 4) is 0 Å². The van der Waals surface area contributed by atoms with E-state index < -0.39 is 17.7 Å². The highest BCUT2D eigenvalue weighted by molar-refractivity contribution is 7.12. The minimum atomic E-state index is -0.918. The summed E-state index contributed by atoms with van der Waals surface area (Å²) in [6, 6.07) is 0. The molecule has 1 aromatic heterocycles. The third kappa shape index (κ3) is 4.28. The molecule has 0 amide bonds. The van der Waals surface area contributed by atoms with Crippen molar-refractivity contribution >= 4 is 22.9 Å². The van der Waals surface area contributed by atoms with Gasteiger partial charge in [-0.25, -0.2) is 4.79 Å². The molecule has 3 nitrogen and oxygen atoms in total. The number of aliphatic carboxylic acids is 1. The monoisotopic (exact) mass is 350 g/mol. The second-order valence-electron chi connectivity index (χ2n) is 8.17. The van der Waals surface area contributed by atoms with Crippen LogP contribution in [0, 0.1) is 25.7 Å². The summed E-state index contributed by atoms with van der Waals surface area (Å²) in [5.41, 5.74) is 2.76. The first kappa shape index (κ1) is 19.2. The Morgan fingerprint density at radius 2 is 1.92 bits per heavy atom. The van der Waals surface area contributed by atoms with Crippen molar-refractivity contribution in [2.45, 2.75) is 73.0 Å². The van der Waals surface area contributed by atoms with E-state index >= 15 is 0 Å². The summed E-state index contributed by atoms with van der Waals surface area (Å²) >= 11 is 1.68. The number of ether oxygens (including phenoxy) is 1. The van der Waals surface area contributed by atoms with Gasteiger partial charge in [0.2, 0.25) is 0 Å².